The largest absolute Gasteiger partial charge is 0.294 e. The Balaban J connectivity index is 1.53. The summed E-state index contributed by atoms with van der Waals surface area (Å²) in [5, 5.41) is 0. The van der Waals surface area contributed by atoms with Gasteiger partial charge >= 0.3 is 0 Å². The molecule has 0 spiro atoms. The van der Waals surface area contributed by atoms with Gasteiger partial charge in [-0.2, -0.15) is 0 Å². The molecule has 4 rings (SSSR count). The summed E-state index contributed by atoms with van der Waals surface area (Å²) >= 11 is 0. The van der Waals surface area contributed by atoms with Crippen LogP contribution < -0.4 is 4.72 Å². The van der Waals surface area contributed by atoms with Gasteiger partial charge in [0.1, 0.15) is 5.84 Å². The van der Waals surface area contributed by atoms with Crippen molar-refractivity contribution in [3.63, 3.8) is 0 Å². The van der Waals surface area contributed by atoms with Crippen molar-refractivity contribution in [3.8, 4) is 0 Å². The standard InChI is InChI=1S/C20H23N3O2S/c1-2-17(23-12-11-15-7-3-4-8-16(15)14-23)13-21-20-18-9-5-6-10-19(18)26(24,25)22-20/h3-10,17H,2,11-14H2,1H3,(H,21,22)/t17-/m1/s1. The molecule has 2 heterocycles. The Labute approximate surface area is 154 Å². The molecule has 2 aromatic rings. The van der Waals surface area contributed by atoms with Crippen molar-refractivity contribution in [1.29, 1.82) is 0 Å². The molecule has 2 aromatic carbocycles. The fourth-order valence-electron chi connectivity index (χ4n) is 3.78. The van der Waals surface area contributed by atoms with Crippen LogP contribution in [0.3, 0.4) is 0 Å². The predicted octanol–water partition coefficient (Wildman–Crippen LogP) is 2.56. The maximum absolute atomic E-state index is 12.2. The second-order valence-corrected chi connectivity index (χ2v) is 8.49. The van der Waals surface area contributed by atoms with Crippen LogP contribution in [0.4, 0.5) is 0 Å². The van der Waals surface area contributed by atoms with E-state index in [1.807, 2.05) is 12.1 Å². The van der Waals surface area contributed by atoms with E-state index in [4.69, 9.17) is 0 Å². The molecule has 2 aliphatic rings. The fraction of sp³-hybridized carbons (Fsp3) is 0.350. The zero-order valence-electron chi connectivity index (χ0n) is 14.9. The fourth-order valence-corrected chi connectivity index (χ4v) is 5.03. The minimum Gasteiger partial charge on any atom is -0.294 e. The van der Waals surface area contributed by atoms with E-state index in [-0.39, 0.29) is 0 Å². The second-order valence-electron chi connectivity index (χ2n) is 6.84. The topological polar surface area (TPSA) is 61.8 Å². The predicted molar refractivity (Wildman–Crippen MR) is 103 cm³/mol. The van der Waals surface area contributed by atoms with Crippen LogP contribution in [-0.2, 0) is 23.0 Å². The Hall–Kier alpha value is -2.18. The molecule has 0 amide bonds. The molecule has 26 heavy (non-hydrogen) atoms. The average Bonchev–Trinajstić information content (AvgIpc) is 2.93. The van der Waals surface area contributed by atoms with Gasteiger partial charge in [0.25, 0.3) is 10.0 Å². The van der Waals surface area contributed by atoms with Gasteiger partial charge in [0.05, 0.1) is 11.4 Å². The van der Waals surface area contributed by atoms with Gasteiger partial charge in [0, 0.05) is 24.7 Å². The number of nitrogens with one attached hydrogen (secondary N) is 1. The highest BCUT2D eigenvalue weighted by atomic mass is 32.2. The van der Waals surface area contributed by atoms with Crippen LogP contribution in [0.5, 0.6) is 0 Å². The number of amidine groups is 1. The number of benzene rings is 2. The third-order valence-electron chi connectivity index (χ3n) is 5.27. The van der Waals surface area contributed by atoms with E-state index in [1.54, 1.807) is 12.1 Å². The molecule has 136 valence electrons. The molecule has 0 aliphatic carbocycles. The lowest BCUT2D eigenvalue weighted by atomic mass is 9.98. The highest BCUT2D eigenvalue weighted by molar-refractivity contribution is 7.90. The van der Waals surface area contributed by atoms with Crippen molar-refractivity contribution in [1.82, 2.24) is 9.62 Å². The lowest BCUT2D eigenvalue weighted by Crippen LogP contribution is -2.41. The van der Waals surface area contributed by atoms with Crippen molar-refractivity contribution in [2.75, 3.05) is 13.1 Å². The van der Waals surface area contributed by atoms with Gasteiger partial charge in [0.15, 0.2) is 0 Å². The maximum atomic E-state index is 12.2. The maximum Gasteiger partial charge on any atom is 0.263 e. The van der Waals surface area contributed by atoms with Gasteiger partial charge in [-0.3, -0.25) is 14.6 Å². The van der Waals surface area contributed by atoms with Gasteiger partial charge in [-0.25, -0.2) is 8.42 Å². The highest BCUT2D eigenvalue weighted by Gasteiger charge is 2.30. The van der Waals surface area contributed by atoms with Crippen molar-refractivity contribution < 1.29 is 8.42 Å². The summed E-state index contributed by atoms with van der Waals surface area (Å²) < 4.78 is 27.0. The second kappa shape index (κ2) is 6.85. The minimum absolute atomic E-state index is 0.299. The number of aliphatic imine (C=N–C) groups is 1. The molecule has 0 saturated carbocycles. The third kappa shape index (κ3) is 3.15. The number of hydrogen-bond donors (Lipinski definition) is 1. The minimum atomic E-state index is -3.47. The lowest BCUT2D eigenvalue weighted by Gasteiger charge is -2.34. The molecule has 0 aromatic heterocycles. The smallest absolute Gasteiger partial charge is 0.263 e. The van der Waals surface area contributed by atoms with Crippen LogP contribution in [-0.4, -0.2) is 38.3 Å². The number of nitrogens with zero attached hydrogens (tertiary/aromatic N) is 2. The Morgan fingerprint density at radius 1 is 1.12 bits per heavy atom. The van der Waals surface area contributed by atoms with Gasteiger partial charge < -0.3 is 0 Å². The molecule has 1 N–H and O–H groups in total. The third-order valence-corrected chi connectivity index (χ3v) is 6.67. The number of rotatable bonds is 4. The molecule has 0 radical (unpaired) electrons. The first-order valence-corrected chi connectivity index (χ1v) is 10.5. The average molecular weight is 369 g/mol. The first-order valence-electron chi connectivity index (χ1n) is 9.06. The molecule has 0 bridgehead atoms. The first kappa shape index (κ1) is 17.2. The summed E-state index contributed by atoms with van der Waals surface area (Å²) in [7, 11) is -3.47. The molecular formula is C20H23N3O2S. The SMILES string of the molecule is CC[C@H](CN=C1NS(=O)(=O)c2ccccc21)N1CCc2ccccc2C1. The monoisotopic (exact) mass is 369 g/mol. The molecule has 0 unspecified atom stereocenters. The van der Waals surface area contributed by atoms with E-state index in [9.17, 15) is 8.42 Å². The molecule has 0 fully saturated rings. The van der Waals surface area contributed by atoms with E-state index >= 15 is 0 Å². The summed E-state index contributed by atoms with van der Waals surface area (Å²) in [6.07, 6.45) is 2.03. The number of sulfonamides is 1. The van der Waals surface area contributed by atoms with Gasteiger partial charge in [0.2, 0.25) is 0 Å². The van der Waals surface area contributed by atoms with Gasteiger partial charge in [-0.1, -0.05) is 43.3 Å². The lowest BCUT2D eigenvalue weighted by molar-refractivity contribution is 0.178. The molecule has 1 atom stereocenters. The summed E-state index contributed by atoms with van der Waals surface area (Å²) in [5.74, 6) is 0.469. The Morgan fingerprint density at radius 2 is 1.85 bits per heavy atom. The quantitative estimate of drug-likeness (QED) is 0.901. The van der Waals surface area contributed by atoms with E-state index < -0.39 is 10.0 Å². The van der Waals surface area contributed by atoms with E-state index in [0.29, 0.717) is 28.9 Å². The van der Waals surface area contributed by atoms with Crippen molar-refractivity contribution in [3.05, 3.63) is 65.2 Å². The van der Waals surface area contributed by atoms with Crippen LogP contribution in [0.15, 0.2) is 58.4 Å². The zero-order valence-corrected chi connectivity index (χ0v) is 15.7. The van der Waals surface area contributed by atoms with Crippen molar-refractivity contribution in [2.45, 2.75) is 37.2 Å². The number of fused-ring (bicyclic) bond motifs is 2. The molecule has 6 heteroatoms. The van der Waals surface area contributed by atoms with E-state index in [2.05, 4.69) is 45.8 Å². The molecule has 0 saturated heterocycles. The summed E-state index contributed by atoms with van der Waals surface area (Å²) in [4.78, 5) is 7.43. The zero-order chi connectivity index (χ0) is 18.1. The highest BCUT2D eigenvalue weighted by Crippen LogP contribution is 2.24. The normalized spacial score (nSPS) is 21.0. The van der Waals surface area contributed by atoms with Crippen LogP contribution >= 0.6 is 0 Å². The van der Waals surface area contributed by atoms with Crippen LogP contribution in [0.2, 0.25) is 0 Å². The van der Waals surface area contributed by atoms with Crippen molar-refractivity contribution >= 4 is 15.9 Å². The molecule has 2 aliphatic heterocycles. The van der Waals surface area contributed by atoms with Gasteiger partial charge in [-0.05, 0) is 36.1 Å². The van der Waals surface area contributed by atoms with E-state index in [0.717, 1.165) is 25.9 Å². The Kier molecular flexibility index (Phi) is 4.54. The van der Waals surface area contributed by atoms with Crippen LogP contribution in [0.25, 0.3) is 0 Å². The molecular weight excluding hydrogens is 346 g/mol. The number of hydrogen-bond acceptors (Lipinski definition) is 4. The Morgan fingerprint density at radius 3 is 2.65 bits per heavy atom. The van der Waals surface area contributed by atoms with Crippen LogP contribution in [0, 0.1) is 0 Å². The van der Waals surface area contributed by atoms with Crippen LogP contribution in [0.1, 0.15) is 30.0 Å². The van der Waals surface area contributed by atoms with Crippen molar-refractivity contribution in [2.24, 2.45) is 4.99 Å². The van der Waals surface area contributed by atoms with E-state index in [1.165, 1.54) is 11.1 Å². The summed E-state index contributed by atoms with van der Waals surface area (Å²) in [6.45, 7) is 4.70. The Bertz CT molecular complexity index is 953. The molecule has 5 nitrogen and oxygen atoms in total. The summed E-state index contributed by atoms with van der Waals surface area (Å²) in [6, 6.07) is 15.9. The first-order chi connectivity index (χ1) is 12.6. The summed E-state index contributed by atoms with van der Waals surface area (Å²) in [5.41, 5.74) is 3.49. The van der Waals surface area contributed by atoms with Gasteiger partial charge in [-0.15, -0.1) is 0 Å².